The van der Waals surface area contributed by atoms with Crippen LogP contribution in [0.3, 0.4) is 0 Å². The maximum Gasteiger partial charge on any atom is 0.162 e. The number of likely N-dealkylation sites (N-methyl/N-ethyl adjacent to an activating group) is 1. The number of methoxy groups -OCH3 is 1. The normalized spacial score (nSPS) is 11.2. The summed E-state index contributed by atoms with van der Waals surface area (Å²) in [5.74, 6) is 1.56. The first kappa shape index (κ1) is 12.8. The van der Waals surface area contributed by atoms with Gasteiger partial charge in [0.15, 0.2) is 11.5 Å². The van der Waals surface area contributed by atoms with E-state index in [1.54, 1.807) is 7.11 Å². The average Bonchev–Trinajstić information content (AvgIpc) is 2.27. The third-order valence-corrected chi connectivity index (χ3v) is 2.26. The molecule has 1 N–H and O–H groups in total. The van der Waals surface area contributed by atoms with Crippen LogP contribution in [0.4, 0.5) is 0 Å². The zero-order chi connectivity index (χ0) is 12.0. The van der Waals surface area contributed by atoms with Gasteiger partial charge in [-0.1, -0.05) is 19.1 Å². The molecule has 0 saturated carbocycles. The van der Waals surface area contributed by atoms with Crippen molar-refractivity contribution in [2.24, 2.45) is 0 Å². The summed E-state index contributed by atoms with van der Waals surface area (Å²) in [6, 6.07) is 7.70. The summed E-state index contributed by atoms with van der Waals surface area (Å²) < 4.78 is 11.2. The molecular formula is C13H21NO2. The molecule has 0 aliphatic heterocycles. The van der Waals surface area contributed by atoms with E-state index in [0.717, 1.165) is 24.6 Å². The van der Waals surface area contributed by atoms with Crippen molar-refractivity contribution in [3.63, 3.8) is 0 Å². The Morgan fingerprint density at radius 3 is 2.38 bits per heavy atom. The smallest absolute Gasteiger partial charge is 0.162 e. The Balaban J connectivity index is 2.71. The molecule has 1 rings (SSSR count). The predicted octanol–water partition coefficient (Wildman–Crippen LogP) is 2.46. The van der Waals surface area contributed by atoms with Gasteiger partial charge in [0.1, 0.15) is 5.60 Å². The van der Waals surface area contributed by atoms with E-state index < -0.39 is 0 Å². The van der Waals surface area contributed by atoms with Crippen LogP contribution in [0.15, 0.2) is 24.3 Å². The van der Waals surface area contributed by atoms with E-state index in [1.807, 2.05) is 24.3 Å². The van der Waals surface area contributed by atoms with Crippen molar-refractivity contribution in [1.29, 1.82) is 0 Å². The van der Waals surface area contributed by atoms with Crippen LogP contribution in [0.2, 0.25) is 0 Å². The zero-order valence-electron chi connectivity index (χ0n) is 10.5. The second-order valence-electron chi connectivity index (χ2n) is 4.29. The lowest BCUT2D eigenvalue weighted by Gasteiger charge is -2.27. The molecule has 0 heterocycles. The van der Waals surface area contributed by atoms with Crippen LogP contribution >= 0.6 is 0 Å². The van der Waals surface area contributed by atoms with Gasteiger partial charge in [-0.3, -0.25) is 0 Å². The molecule has 16 heavy (non-hydrogen) atoms. The summed E-state index contributed by atoms with van der Waals surface area (Å²) in [6.07, 6.45) is 0. The lowest BCUT2D eigenvalue weighted by atomic mass is 10.1. The molecule has 0 aliphatic carbocycles. The summed E-state index contributed by atoms with van der Waals surface area (Å²) in [7, 11) is 1.65. The highest BCUT2D eigenvalue weighted by atomic mass is 16.5. The Kier molecular flexibility index (Phi) is 4.62. The topological polar surface area (TPSA) is 30.5 Å². The Hall–Kier alpha value is -1.22. The number of nitrogens with one attached hydrogen (secondary N) is 1. The third-order valence-electron chi connectivity index (χ3n) is 2.26. The molecule has 3 nitrogen and oxygen atoms in total. The maximum atomic E-state index is 5.94. The molecule has 3 heteroatoms. The van der Waals surface area contributed by atoms with Gasteiger partial charge in [0, 0.05) is 6.54 Å². The number of rotatable bonds is 6. The van der Waals surface area contributed by atoms with E-state index in [0.29, 0.717) is 0 Å². The van der Waals surface area contributed by atoms with Gasteiger partial charge >= 0.3 is 0 Å². The molecule has 0 saturated heterocycles. The molecular weight excluding hydrogens is 202 g/mol. The first-order chi connectivity index (χ1) is 7.59. The zero-order valence-corrected chi connectivity index (χ0v) is 10.5. The minimum Gasteiger partial charge on any atom is -0.493 e. The Bertz CT molecular complexity index is 323. The van der Waals surface area contributed by atoms with E-state index in [2.05, 4.69) is 26.1 Å². The molecule has 0 spiro atoms. The van der Waals surface area contributed by atoms with E-state index >= 15 is 0 Å². The second-order valence-corrected chi connectivity index (χ2v) is 4.29. The van der Waals surface area contributed by atoms with Crippen LogP contribution < -0.4 is 14.8 Å². The number of hydrogen-bond donors (Lipinski definition) is 1. The van der Waals surface area contributed by atoms with Crippen molar-refractivity contribution in [2.75, 3.05) is 20.2 Å². The monoisotopic (exact) mass is 223 g/mol. The van der Waals surface area contributed by atoms with Gasteiger partial charge in [0.25, 0.3) is 0 Å². The van der Waals surface area contributed by atoms with Crippen LogP contribution in [0.25, 0.3) is 0 Å². The Morgan fingerprint density at radius 2 is 1.81 bits per heavy atom. The first-order valence-corrected chi connectivity index (χ1v) is 5.62. The summed E-state index contributed by atoms with van der Waals surface area (Å²) in [6.45, 7) is 7.95. The molecule has 90 valence electrons. The van der Waals surface area contributed by atoms with Crippen LogP contribution in [-0.2, 0) is 0 Å². The van der Waals surface area contributed by atoms with Crippen molar-refractivity contribution in [3.8, 4) is 11.5 Å². The number of para-hydroxylation sites is 2. The molecule has 1 aromatic rings. The van der Waals surface area contributed by atoms with E-state index in [-0.39, 0.29) is 5.60 Å². The van der Waals surface area contributed by atoms with E-state index in [9.17, 15) is 0 Å². The first-order valence-electron chi connectivity index (χ1n) is 5.62. The highest BCUT2D eigenvalue weighted by Crippen LogP contribution is 2.29. The van der Waals surface area contributed by atoms with Gasteiger partial charge in [0.05, 0.1) is 7.11 Å². The highest BCUT2D eigenvalue weighted by molar-refractivity contribution is 5.39. The number of hydrogen-bond acceptors (Lipinski definition) is 3. The summed E-state index contributed by atoms with van der Waals surface area (Å²) >= 11 is 0. The molecule has 0 unspecified atom stereocenters. The molecule has 0 amide bonds. The largest absolute Gasteiger partial charge is 0.493 e. The Morgan fingerprint density at radius 1 is 1.19 bits per heavy atom. The summed E-state index contributed by atoms with van der Waals surface area (Å²) in [5.41, 5.74) is -0.245. The van der Waals surface area contributed by atoms with Crippen molar-refractivity contribution in [2.45, 2.75) is 26.4 Å². The fraction of sp³-hybridized carbons (Fsp3) is 0.538. The average molecular weight is 223 g/mol. The summed E-state index contributed by atoms with van der Waals surface area (Å²) in [5, 5.41) is 3.28. The van der Waals surface area contributed by atoms with Gasteiger partial charge in [-0.15, -0.1) is 0 Å². The predicted molar refractivity (Wildman–Crippen MR) is 66.2 cm³/mol. The van der Waals surface area contributed by atoms with E-state index in [4.69, 9.17) is 9.47 Å². The van der Waals surface area contributed by atoms with Crippen LogP contribution in [-0.4, -0.2) is 25.8 Å². The van der Waals surface area contributed by atoms with Crippen LogP contribution in [0.1, 0.15) is 20.8 Å². The molecule has 0 atom stereocenters. The molecule has 0 aromatic heterocycles. The SMILES string of the molecule is CCNCC(C)(C)Oc1ccccc1OC. The molecule has 0 fully saturated rings. The van der Waals surface area contributed by atoms with Crippen molar-refractivity contribution < 1.29 is 9.47 Å². The van der Waals surface area contributed by atoms with E-state index in [1.165, 1.54) is 0 Å². The number of ether oxygens (including phenoxy) is 2. The van der Waals surface area contributed by atoms with Crippen molar-refractivity contribution in [1.82, 2.24) is 5.32 Å². The number of benzene rings is 1. The van der Waals surface area contributed by atoms with Gasteiger partial charge in [0.2, 0.25) is 0 Å². The van der Waals surface area contributed by atoms with Crippen molar-refractivity contribution >= 4 is 0 Å². The van der Waals surface area contributed by atoms with Crippen LogP contribution in [0, 0.1) is 0 Å². The second kappa shape index (κ2) is 5.75. The minimum atomic E-state index is -0.245. The Labute approximate surface area is 97.8 Å². The third kappa shape index (κ3) is 3.74. The lowest BCUT2D eigenvalue weighted by molar-refractivity contribution is 0.104. The van der Waals surface area contributed by atoms with Gasteiger partial charge < -0.3 is 14.8 Å². The molecule has 0 radical (unpaired) electrons. The lowest BCUT2D eigenvalue weighted by Crippen LogP contribution is -2.40. The molecule has 0 bridgehead atoms. The minimum absolute atomic E-state index is 0.245. The van der Waals surface area contributed by atoms with Gasteiger partial charge in [-0.05, 0) is 32.5 Å². The quantitative estimate of drug-likeness (QED) is 0.803. The van der Waals surface area contributed by atoms with Crippen molar-refractivity contribution in [3.05, 3.63) is 24.3 Å². The van der Waals surface area contributed by atoms with Gasteiger partial charge in [-0.25, -0.2) is 0 Å². The summed E-state index contributed by atoms with van der Waals surface area (Å²) in [4.78, 5) is 0. The fourth-order valence-corrected chi connectivity index (χ4v) is 1.46. The fourth-order valence-electron chi connectivity index (χ4n) is 1.46. The molecule has 0 aliphatic rings. The molecule has 1 aromatic carbocycles. The van der Waals surface area contributed by atoms with Crippen LogP contribution in [0.5, 0.6) is 11.5 Å². The maximum absolute atomic E-state index is 5.94. The van der Waals surface area contributed by atoms with Gasteiger partial charge in [-0.2, -0.15) is 0 Å². The highest BCUT2D eigenvalue weighted by Gasteiger charge is 2.20. The standard InChI is InChI=1S/C13H21NO2/c1-5-14-10-13(2,3)16-12-9-7-6-8-11(12)15-4/h6-9,14H,5,10H2,1-4H3.